The lowest BCUT2D eigenvalue weighted by Crippen LogP contribution is -1.86. The van der Waals surface area contributed by atoms with E-state index in [1.165, 1.54) is 28.0 Å². The quantitative estimate of drug-likeness (QED) is 0.681. The molecule has 1 fully saturated rings. The van der Waals surface area contributed by atoms with Gasteiger partial charge in [-0.25, -0.2) is 4.39 Å². The average Bonchev–Trinajstić information content (AvgIpc) is 2.76. The maximum Gasteiger partial charge on any atom is 0.123 e. The molecule has 0 saturated heterocycles. The molecule has 0 spiro atoms. The standard InChI is InChI=1S/C9H8FI/c10-7-3-4-9(11)8(5-7)6-1-2-6/h3-6H,1-2H2. The lowest BCUT2D eigenvalue weighted by Gasteiger charge is -2.00. The number of halogens is 2. The van der Waals surface area contributed by atoms with Crippen LogP contribution in [0.2, 0.25) is 0 Å². The Balaban J connectivity index is 2.42. The van der Waals surface area contributed by atoms with Gasteiger partial charge in [-0.3, -0.25) is 0 Å². The van der Waals surface area contributed by atoms with Crippen molar-refractivity contribution in [2.75, 3.05) is 0 Å². The molecule has 0 heterocycles. The van der Waals surface area contributed by atoms with E-state index < -0.39 is 0 Å². The van der Waals surface area contributed by atoms with Gasteiger partial charge < -0.3 is 0 Å². The smallest absolute Gasteiger partial charge is 0.123 e. The fourth-order valence-electron chi connectivity index (χ4n) is 1.22. The topological polar surface area (TPSA) is 0 Å². The summed E-state index contributed by atoms with van der Waals surface area (Å²) >= 11 is 2.27. The Hall–Kier alpha value is -0.120. The van der Waals surface area contributed by atoms with Crippen LogP contribution in [0.3, 0.4) is 0 Å². The second-order valence-electron chi connectivity index (χ2n) is 2.94. The zero-order chi connectivity index (χ0) is 7.84. The molecule has 0 atom stereocenters. The van der Waals surface area contributed by atoms with Crippen molar-refractivity contribution in [1.29, 1.82) is 0 Å². The van der Waals surface area contributed by atoms with Crippen LogP contribution in [0.4, 0.5) is 4.39 Å². The third kappa shape index (κ3) is 1.55. The molecular formula is C9H8FI. The Morgan fingerprint density at radius 3 is 2.73 bits per heavy atom. The first-order valence-corrected chi connectivity index (χ1v) is 4.80. The Morgan fingerprint density at radius 1 is 1.36 bits per heavy atom. The Morgan fingerprint density at radius 2 is 2.09 bits per heavy atom. The maximum absolute atomic E-state index is 12.7. The lowest BCUT2D eigenvalue weighted by molar-refractivity contribution is 0.625. The van der Waals surface area contributed by atoms with Crippen LogP contribution in [0.5, 0.6) is 0 Å². The summed E-state index contributed by atoms with van der Waals surface area (Å²) in [5, 5.41) is 0. The molecule has 0 amide bonds. The van der Waals surface area contributed by atoms with Gasteiger partial charge in [-0.15, -0.1) is 0 Å². The molecule has 0 aliphatic heterocycles. The van der Waals surface area contributed by atoms with Crippen molar-refractivity contribution < 1.29 is 4.39 Å². The van der Waals surface area contributed by atoms with Crippen molar-refractivity contribution in [2.45, 2.75) is 18.8 Å². The van der Waals surface area contributed by atoms with Crippen LogP contribution in [-0.2, 0) is 0 Å². The SMILES string of the molecule is Fc1ccc(I)c(C2CC2)c1. The van der Waals surface area contributed by atoms with Gasteiger partial charge in [0, 0.05) is 3.57 Å². The highest BCUT2D eigenvalue weighted by molar-refractivity contribution is 14.1. The van der Waals surface area contributed by atoms with Crippen LogP contribution < -0.4 is 0 Å². The highest BCUT2D eigenvalue weighted by Crippen LogP contribution is 2.42. The molecule has 1 saturated carbocycles. The molecule has 11 heavy (non-hydrogen) atoms. The van der Waals surface area contributed by atoms with Crippen molar-refractivity contribution in [3.05, 3.63) is 33.1 Å². The van der Waals surface area contributed by atoms with E-state index in [0.717, 1.165) is 0 Å². The minimum absolute atomic E-state index is 0.104. The Kier molecular flexibility index (Phi) is 1.87. The Labute approximate surface area is 78.9 Å². The summed E-state index contributed by atoms with van der Waals surface area (Å²) in [5.41, 5.74) is 1.20. The van der Waals surface area contributed by atoms with E-state index in [-0.39, 0.29) is 5.82 Å². The van der Waals surface area contributed by atoms with Gasteiger partial charge in [-0.2, -0.15) is 0 Å². The molecule has 0 aromatic heterocycles. The molecule has 1 aliphatic rings. The molecule has 0 N–H and O–H groups in total. The van der Waals surface area contributed by atoms with Crippen LogP contribution in [0, 0.1) is 9.39 Å². The van der Waals surface area contributed by atoms with E-state index >= 15 is 0 Å². The zero-order valence-corrected chi connectivity index (χ0v) is 8.14. The van der Waals surface area contributed by atoms with E-state index in [1.54, 1.807) is 6.07 Å². The summed E-state index contributed by atoms with van der Waals surface area (Å²) in [6.07, 6.45) is 2.47. The maximum atomic E-state index is 12.7. The fourth-order valence-corrected chi connectivity index (χ4v) is 2.00. The van der Waals surface area contributed by atoms with Crippen molar-refractivity contribution >= 4 is 22.6 Å². The summed E-state index contributed by atoms with van der Waals surface area (Å²) in [4.78, 5) is 0. The molecule has 0 radical (unpaired) electrons. The lowest BCUT2D eigenvalue weighted by atomic mass is 10.1. The first-order chi connectivity index (χ1) is 5.27. The van der Waals surface area contributed by atoms with E-state index in [4.69, 9.17) is 0 Å². The molecule has 0 nitrogen and oxygen atoms in total. The number of benzene rings is 1. The average molecular weight is 262 g/mol. The van der Waals surface area contributed by atoms with E-state index in [1.807, 2.05) is 6.07 Å². The monoisotopic (exact) mass is 262 g/mol. The Bertz CT molecular complexity index is 279. The number of hydrogen-bond donors (Lipinski definition) is 0. The third-order valence-corrected chi connectivity index (χ3v) is 2.96. The molecule has 2 heteroatoms. The second kappa shape index (κ2) is 2.73. The van der Waals surface area contributed by atoms with Crippen LogP contribution in [0.15, 0.2) is 18.2 Å². The van der Waals surface area contributed by atoms with Crippen molar-refractivity contribution in [2.24, 2.45) is 0 Å². The molecular weight excluding hydrogens is 254 g/mol. The normalized spacial score (nSPS) is 16.9. The molecule has 0 unspecified atom stereocenters. The fraction of sp³-hybridized carbons (Fsp3) is 0.333. The van der Waals surface area contributed by atoms with E-state index in [9.17, 15) is 4.39 Å². The summed E-state index contributed by atoms with van der Waals surface area (Å²) in [5.74, 6) is 0.546. The minimum atomic E-state index is -0.104. The van der Waals surface area contributed by atoms with Crippen molar-refractivity contribution in [3.8, 4) is 0 Å². The summed E-state index contributed by atoms with van der Waals surface area (Å²) in [6, 6.07) is 5.04. The number of hydrogen-bond acceptors (Lipinski definition) is 0. The van der Waals surface area contributed by atoms with Gasteiger partial charge >= 0.3 is 0 Å². The largest absolute Gasteiger partial charge is 0.207 e. The summed E-state index contributed by atoms with van der Waals surface area (Å²) in [6.45, 7) is 0. The van der Waals surface area contributed by atoms with Gasteiger partial charge in [0.05, 0.1) is 0 Å². The van der Waals surface area contributed by atoms with Crippen LogP contribution >= 0.6 is 22.6 Å². The van der Waals surface area contributed by atoms with Gasteiger partial charge in [-0.05, 0) is 65.1 Å². The van der Waals surface area contributed by atoms with Crippen LogP contribution in [-0.4, -0.2) is 0 Å². The first-order valence-electron chi connectivity index (χ1n) is 3.72. The molecule has 2 rings (SSSR count). The molecule has 0 bridgehead atoms. The van der Waals surface area contributed by atoms with Gasteiger partial charge in [0.1, 0.15) is 5.82 Å². The van der Waals surface area contributed by atoms with E-state index in [0.29, 0.717) is 5.92 Å². The van der Waals surface area contributed by atoms with Crippen molar-refractivity contribution in [1.82, 2.24) is 0 Å². The van der Waals surface area contributed by atoms with Gasteiger partial charge in [-0.1, -0.05) is 0 Å². The summed E-state index contributed by atoms with van der Waals surface area (Å²) < 4.78 is 13.9. The zero-order valence-electron chi connectivity index (χ0n) is 5.98. The number of rotatable bonds is 1. The van der Waals surface area contributed by atoms with Crippen molar-refractivity contribution in [3.63, 3.8) is 0 Å². The predicted molar refractivity (Wildman–Crippen MR) is 51.1 cm³/mol. The van der Waals surface area contributed by atoms with Gasteiger partial charge in [0.2, 0.25) is 0 Å². The highest BCUT2D eigenvalue weighted by Gasteiger charge is 2.25. The minimum Gasteiger partial charge on any atom is -0.207 e. The highest BCUT2D eigenvalue weighted by atomic mass is 127. The molecule has 1 aliphatic carbocycles. The second-order valence-corrected chi connectivity index (χ2v) is 4.10. The molecule has 1 aromatic carbocycles. The summed E-state index contributed by atoms with van der Waals surface area (Å²) in [7, 11) is 0. The van der Waals surface area contributed by atoms with E-state index in [2.05, 4.69) is 22.6 Å². The third-order valence-electron chi connectivity index (χ3n) is 1.98. The molecule has 58 valence electrons. The first kappa shape index (κ1) is 7.53. The van der Waals surface area contributed by atoms with Gasteiger partial charge in [0.25, 0.3) is 0 Å². The van der Waals surface area contributed by atoms with Crippen LogP contribution in [0.25, 0.3) is 0 Å². The predicted octanol–water partition coefficient (Wildman–Crippen LogP) is 3.31. The van der Waals surface area contributed by atoms with Crippen LogP contribution in [0.1, 0.15) is 24.3 Å². The molecule has 1 aromatic rings. The van der Waals surface area contributed by atoms with Gasteiger partial charge in [0.15, 0.2) is 0 Å².